The van der Waals surface area contributed by atoms with Crippen LogP contribution in [0.25, 0.3) is 0 Å². The highest BCUT2D eigenvalue weighted by atomic mass is 35.5. The number of rotatable bonds is 5. The van der Waals surface area contributed by atoms with Crippen molar-refractivity contribution in [3.8, 4) is 11.8 Å². The molecule has 0 radical (unpaired) electrons. The third kappa shape index (κ3) is 4.38. The van der Waals surface area contributed by atoms with Crippen LogP contribution in [0.15, 0.2) is 18.2 Å². The van der Waals surface area contributed by atoms with Crippen LogP contribution in [0.4, 0.5) is 4.39 Å². The van der Waals surface area contributed by atoms with Gasteiger partial charge in [0.25, 0.3) is 0 Å². The molecule has 1 aromatic rings. The molecule has 17 heavy (non-hydrogen) atoms. The molecule has 3 heteroatoms. The summed E-state index contributed by atoms with van der Waals surface area (Å²) in [5.74, 6) is 5.50. The van der Waals surface area contributed by atoms with Crippen molar-refractivity contribution in [2.24, 2.45) is 0 Å². The minimum absolute atomic E-state index is 0.0640. The van der Waals surface area contributed by atoms with E-state index >= 15 is 0 Å². The summed E-state index contributed by atoms with van der Waals surface area (Å²) in [6.07, 6.45) is 1.71. The first kappa shape index (κ1) is 14.0. The van der Waals surface area contributed by atoms with Crippen LogP contribution in [0.2, 0.25) is 5.02 Å². The summed E-state index contributed by atoms with van der Waals surface area (Å²) in [7, 11) is 0. The van der Waals surface area contributed by atoms with Gasteiger partial charge in [0.2, 0.25) is 0 Å². The number of nitrogens with one attached hydrogen (secondary N) is 1. The van der Waals surface area contributed by atoms with Crippen LogP contribution in [0.3, 0.4) is 0 Å². The highest BCUT2D eigenvalue weighted by molar-refractivity contribution is 6.30. The average molecular weight is 254 g/mol. The Kier molecular flexibility index (Phi) is 6.04. The molecule has 0 aliphatic heterocycles. The number of hydrogen-bond donors (Lipinski definition) is 1. The van der Waals surface area contributed by atoms with Crippen molar-refractivity contribution in [3.05, 3.63) is 34.6 Å². The molecule has 0 bridgehead atoms. The zero-order valence-electron chi connectivity index (χ0n) is 10.2. The molecule has 1 atom stereocenters. The fourth-order valence-electron chi connectivity index (χ4n) is 1.56. The molecule has 0 spiro atoms. The largest absolute Gasteiger partial charge is 0.309 e. The zero-order valence-corrected chi connectivity index (χ0v) is 10.9. The SMILES string of the molecule is CC#CCC(NCCC)c1ccc(Cl)c(F)c1. The first-order valence-corrected chi connectivity index (χ1v) is 6.14. The third-order valence-corrected chi connectivity index (χ3v) is 2.78. The van der Waals surface area contributed by atoms with E-state index in [4.69, 9.17) is 11.6 Å². The van der Waals surface area contributed by atoms with Crippen molar-refractivity contribution < 1.29 is 4.39 Å². The summed E-state index contributed by atoms with van der Waals surface area (Å²) in [6, 6.07) is 4.98. The molecule has 0 fully saturated rings. The van der Waals surface area contributed by atoms with Crippen molar-refractivity contribution in [3.63, 3.8) is 0 Å². The Hall–Kier alpha value is -1.04. The van der Waals surface area contributed by atoms with E-state index in [0.717, 1.165) is 18.5 Å². The topological polar surface area (TPSA) is 12.0 Å². The third-order valence-electron chi connectivity index (χ3n) is 2.47. The summed E-state index contributed by atoms with van der Waals surface area (Å²) >= 11 is 5.67. The van der Waals surface area contributed by atoms with Gasteiger partial charge in [0.15, 0.2) is 0 Å². The normalized spacial score (nSPS) is 11.8. The van der Waals surface area contributed by atoms with Gasteiger partial charge >= 0.3 is 0 Å². The van der Waals surface area contributed by atoms with E-state index in [1.165, 1.54) is 6.07 Å². The van der Waals surface area contributed by atoms with E-state index in [1.54, 1.807) is 13.0 Å². The second-order valence-electron chi connectivity index (χ2n) is 3.81. The van der Waals surface area contributed by atoms with Gasteiger partial charge in [-0.05, 0) is 37.6 Å². The van der Waals surface area contributed by atoms with Crippen molar-refractivity contribution in [1.82, 2.24) is 5.32 Å². The smallest absolute Gasteiger partial charge is 0.142 e. The van der Waals surface area contributed by atoms with E-state index in [1.807, 2.05) is 6.07 Å². The van der Waals surface area contributed by atoms with E-state index in [9.17, 15) is 4.39 Å². The lowest BCUT2D eigenvalue weighted by atomic mass is 10.0. The van der Waals surface area contributed by atoms with E-state index in [0.29, 0.717) is 6.42 Å². The molecule has 1 N–H and O–H groups in total. The molecule has 1 rings (SSSR count). The number of hydrogen-bond acceptors (Lipinski definition) is 1. The van der Waals surface area contributed by atoms with Gasteiger partial charge in [0.05, 0.1) is 5.02 Å². The molecule has 0 saturated carbocycles. The Bertz CT molecular complexity index is 420. The lowest BCUT2D eigenvalue weighted by molar-refractivity contribution is 0.536. The van der Waals surface area contributed by atoms with Gasteiger partial charge in [-0.25, -0.2) is 4.39 Å². The predicted molar refractivity (Wildman–Crippen MR) is 70.5 cm³/mol. The van der Waals surface area contributed by atoms with Crippen molar-refractivity contribution in [1.29, 1.82) is 0 Å². The maximum absolute atomic E-state index is 13.4. The molecule has 0 aliphatic carbocycles. The predicted octanol–water partition coefficient (Wildman–Crippen LogP) is 3.93. The molecule has 0 amide bonds. The Morgan fingerprint density at radius 2 is 2.24 bits per heavy atom. The summed E-state index contributed by atoms with van der Waals surface area (Å²) in [5.41, 5.74) is 0.892. The van der Waals surface area contributed by atoms with E-state index in [2.05, 4.69) is 24.1 Å². The Morgan fingerprint density at radius 1 is 1.47 bits per heavy atom. The van der Waals surface area contributed by atoms with Gasteiger partial charge in [-0.15, -0.1) is 11.8 Å². The standard InChI is InChI=1S/C14H17ClFN/c1-3-5-6-14(17-9-4-2)11-7-8-12(15)13(16)10-11/h7-8,10,14,17H,4,6,9H2,1-2H3. The van der Waals surface area contributed by atoms with Crippen LogP contribution in [-0.4, -0.2) is 6.54 Å². The number of halogens is 2. The molecular weight excluding hydrogens is 237 g/mol. The van der Waals surface area contributed by atoms with E-state index < -0.39 is 0 Å². The maximum atomic E-state index is 13.4. The molecule has 0 heterocycles. The quantitative estimate of drug-likeness (QED) is 0.784. The second-order valence-corrected chi connectivity index (χ2v) is 4.22. The molecule has 0 aliphatic rings. The fraction of sp³-hybridized carbons (Fsp3) is 0.429. The lowest BCUT2D eigenvalue weighted by Gasteiger charge is -2.16. The summed E-state index contributed by atoms with van der Waals surface area (Å²) in [5, 5.41) is 3.51. The van der Waals surface area contributed by atoms with Crippen LogP contribution < -0.4 is 5.32 Å². The highest BCUT2D eigenvalue weighted by Crippen LogP contribution is 2.22. The summed E-state index contributed by atoms with van der Waals surface area (Å²) in [4.78, 5) is 0. The van der Waals surface area contributed by atoms with Gasteiger partial charge in [-0.1, -0.05) is 24.6 Å². The molecule has 1 nitrogen and oxygen atoms in total. The zero-order chi connectivity index (χ0) is 12.7. The van der Waals surface area contributed by atoms with Gasteiger partial charge in [-0.2, -0.15) is 0 Å². The molecule has 1 unspecified atom stereocenters. The molecule has 1 aromatic carbocycles. The Morgan fingerprint density at radius 3 is 2.82 bits per heavy atom. The minimum atomic E-state index is -0.378. The fourth-order valence-corrected chi connectivity index (χ4v) is 1.68. The maximum Gasteiger partial charge on any atom is 0.142 e. The van der Waals surface area contributed by atoms with Crippen molar-refractivity contribution in [2.45, 2.75) is 32.7 Å². The number of benzene rings is 1. The molecular formula is C14H17ClFN. The first-order valence-electron chi connectivity index (χ1n) is 5.77. The monoisotopic (exact) mass is 253 g/mol. The minimum Gasteiger partial charge on any atom is -0.309 e. The van der Waals surface area contributed by atoms with Gasteiger partial charge in [0, 0.05) is 12.5 Å². The lowest BCUT2D eigenvalue weighted by Crippen LogP contribution is -2.21. The van der Waals surface area contributed by atoms with Gasteiger partial charge in [-0.3, -0.25) is 0 Å². The Labute approximate surface area is 107 Å². The van der Waals surface area contributed by atoms with Crippen LogP contribution >= 0.6 is 11.6 Å². The van der Waals surface area contributed by atoms with Crippen LogP contribution in [0.5, 0.6) is 0 Å². The van der Waals surface area contributed by atoms with Crippen LogP contribution in [0, 0.1) is 17.7 Å². The van der Waals surface area contributed by atoms with Crippen molar-refractivity contribution in [2.75, 3.05) is 6.54 Å². The summed E-state index contributed by atoms with van der Waals surface area (Å²) in [6.45, 7) is 4.79. The van der Waals surface area contributed by atoms with Crippen LogP contribution in [0.1, 0.15) is 38.3 Å². The Balaban J connectivity index is 2.85. The first-order chi connectivity index (χ1) is 8.19. The van der Waals surface area contributed by atoms with Gasteiger partial charge < -0.3 is 5.32 Å². The second kappa shape index (κ2) is 7.32. The average Bonchev–Trinajstić information content (AvgIpc) is 2.33. The van der Waals surface area contributed by atoms with Gasteiger partial charge in [0.1, 0.15) is 5.82 Å². The highest BCUT2D eigenvalue weighted by Gasteiger charge is 2.11. The molecule has 92 valence electrons. The van der Waals surface area contributed by atoms with Crippen LogP contribution in [-0.2, 0) is 0 Å². The van der Waals surface area contributed by atoms with Crippen molar-refractivity contribution >= 4 is 11.6 Å². The molecule has 0 saturated heterocycles. The van der Waals surface area contributed by atoms with E-state index in [-0.39, 0.29) is 16.9 Å². The molecule has 0 aromatic heterocycles. The summed E-state index contributed by atoms with van der Waals surface area (Å²) < 4.78 is 13.4.